The third kappa shape index (κ3) is 2.54. The second-order valence-electron chi connectivity index (χ2n) is 6.85. The highest BCUT2D eigenvalue weighted by molar-refractivity contribution is 14.1. The first kappa shape index (κ1) is 17.2. The minimum atomic E-state index is -0.293. The molecule has 0 unspecified atom stereocenters. The minimum absolute atomic E-state index is 0.293. The molecular formula is C25H16BrI. The second-order valence-corrected chi connectivity index (χ2v) is 9.02. The Morgan fingerprint density at radius 1 is 0.556 bits per heavy atom. The van der Waals surface area contributed by atoms with Crippen molar-refractivity contribution in [1.82, 2.24) is 0 Å². The summed E-state index contributed by atoms with van der Waals surface area (Å²) < 4.78 is 2.35. The van der Waals surface area contributed by atoms with Gasteiger partial charge in [0.25, 0.3) is 0 Å². The molecule has 0 atom stereocenters. The first-order chi connectivity index (χ1) is 13.2. The third-order valence-corrected chi connectivity index (χ3v) is 6.75. The number of halogens is 2. The summed E-state index contributed by atoms with van der Waals surface area (Å²) in [4.78, 5) is 0. The monoisotopic (exact) mass is 522 g/mol. The molecule has 0 heterocycles. The summed E-state index contributed by atoms with van der Waals surface area (Å²) >= 11 is 5.98. The van der Waals surface area contributed by atoms with E-state index in [0.29, 0.717) is 0 Å². The van der Waals surface area contributed by atoms with Crippen LogP contribution in [0.25, 0.3) is 11.1 Å². The molecule has 0 nitrogen and oxygen atoms in total. The minimum Gasteiger partial charge on any atom is -0.0619 e. The van der Waals surface area contributed by atoms with Crippen LogP contribution in [-0.4, -0.2) is 0 Å². The first-order valence-corrected chi connectivity index (χ1v) is 10.8. The average molecular weight is 523 g/mol. The molecule has 5 rings (SSSR count). The van der Waals surface area contributed by atoms with Crippen molar-refractivity contribution in [3.05, 3.63) is 127 Å². The second kappa shape index (κ2) is 6.61. The lowest BCUT2D eigenvalue weighted by Gasteiger charge is -2.34. The SMILES string of the molecule is Brc1ccc(C2(c3ccc(I)cc3)c3ccccc3-c3ccccc32)cc1. The molecule has 0 saturated carbocycles. The summed E-state index contributed by atoms with van der Waals surface area (Å²) in [6.45, 7) is 0. The Balaban J connectivity index is 1.94. The van der Waals surface area contributed by atoms with Crippen LogP contribution in [0.5, 0.6) is 0 Å². The van der Waals surface area contributed by atoms with E-state index in [0.717, 1.165) is 4.47 Å². The number of benzene rings is 4. The highest BCUT2D eigenvalue weighted by Gasteiger charge is 2.45. The molecule has 0 fully saturated rings. The van der Waals surface area contributed by atoms with E-state index in [1.54, 1.807) is 0 Å². The molecule has 1 aliphatic rings. The molecule has 0 aromatic heterocycles. The van der Waals surface area contributed by atoms with Gasteiger partial charge in [-0.25, -0.2) is 0 Å². The van der Waals surface area contributed by atoms with Gasteiger partial charge in [-0.3, -0.25) is 0 Å². The average Bonchev–Trinajstić information content (AvgIpc) is 3.01. The summed E-state index contributed by atoms with van der Waals surface area (Å²) in [5.41, 5.74) is 7.68. The Hall–Kier alpha value is -1.91. The lowest BCUT2D eigenvalue weighted by molar-refractivity contribution is 0.768. The standard InChI is InChI=1S/C25H16BrI/c26-19-13-9-17(10-14-19)25(18-11-15-20(27)16-12-18)23-7-3-1-5-21(23)22-6-2-4-8-24(22)25/h1-16H. The van der Waals surface area contributed by atoms with E-state index in [-0.39, 0.29) is 5.41 Å². The molecule has 0 bridgehead atoms. The lowest BCUT2D eigenvalue weighted by atomic mass is 9.68. The van der Waals surface area contributed by atoms with E-state index in [4.69, 9.17) is 0 Å². The van der Waals surface area contributed by atoms with Gasteiger partial charge in [-0.05, 0) is 80.2 Å². The Kier molecular flexibility index (Phi) is 4.21. The molecule has 27 heavy (non-hydrogen) atoms. The molecule has 130 valence electrons. The molecule has 4 aromatic rings. The van der Waals surface area contributed by atoms with Crippen molar-refractivity contribution in [2.45, 2.75) is 5.41 Å². The highest BCUT2D eigenvalue weighted by Crippen LogP contribution is 2.55. The molecule has 0 spiro atoms. The number of rotatable bonds is 2. The first-order valence-electron chi connectivity index (χ1n) is 8.93. The van der Waals surface area contributed by atoms with Gasteiger partial charge in [-0.1, -0.05) is 88.7 Å². The van der Waals surface area contributed by atoms with Crippen molar-refractivity contribution in [3.63, 3.8) is 0 Å². The topological polar surface area (TPSA) is 0 Å². The van der Waals surface area contributed by atoms with Gasteiger partial charge >= 0.3 is 0 Å². The lowest BCUT2D eigenvalue weighted by Crippen LogP contribution is -2.28. The molecule has 0 aliphatic heterocycles. The third-order valence-electron chi connectivity index (χ3n) is 5.51. The van der Waals surface area contributed by atoms with Gasteiger partial charge in [0.05, 0.1) is 5.41 Å². The van der Waals surface area contributed by atoms with Gasteiger partial charge in [-0.2, -0.15) is 0 Å². The quantitative estimate of drug-likeness (QED) is 0.212. The van der Waals surface area contributed by atoms with E-state index in [1.165, 1.54) is 37.0 Å². The fourth-order valence-corrected chi connectivity index (χ4v) is 5.05. The van der Waals surface area contributed by atoms with Crippen LogP contribution >= 0.6 is 38.5 Å². The molecule has 0 radical (unpaired) electrons. The fourth-order valence-electron chi connectivity index (χ4n) is 4.42. The van der Waals surface area contributed by atoms with Crippen molar-refractivity contribution in [3.8, 4) is 11.1 Å². The summed E-state index contributed by atoms with van der Waals surface area (Å²) in [6.07, 6.45) is 0. The Morgan fingerprint density at radius 3 is 1.52 bits per heavy atom. The van der Waals surface area contributed by atoms with Crippen molar-refractivity contribution in [2.24, 2.45) is 0 Å². The van der Waals surface area contributed by atoms with Crippen LogP contribution in [0.4, 0.5) is 0 Å². The summed E-state index contributed by atoms with van der Waals surface area (Å²) in [5, 5.41) is 0. The summed E-state index contributed by atoms with van der Waals surface area (Å²) in [7, 11) is 0. The van der Waals surface area contributed by atoms with Gasteiger partial charge in [0.1, 0.15) is 0 Å². The Labute approximate surface area is 181 Å². The zero-order chi connectivity index (χ0) is 18.4. The van der Waals surface area contributed by atoms with E-state index in [9.17, 15) is 0 Å². The molecule has 2 heteroatoms. The van der Waals surface area contributed by atoms with Gasteiger partial charge in [0.2, 0.25) is 0 Å². The fraction of sp³-hybridized carbons (Fsp3) is 0.0400. The van der Waals surface area contributed by atoms with E-state index in [1.807, 2.05) is 0 Å². The normalized spacial score (nSPS) is 13.9. The van der Waals surface area contributed by atoms with Crippen LogP contribution in [0.3, 0.4) is 0 Å². The molecule has 0 saturated heterocycles. The number of hydrogen-bond acceptors (Lipinski definition) is 0. The molecule has 0 N–H and O–H groups in total. The predicted molar refractivity (Wildman–Crippen MR) is 124 cm³/mol. The van der Waals surface area contributed by atoms with E-state index >= 15 is 0 Å². The van der Waals surface area contributed by atoms with Gasteiger partial charge in [0.15, 0.2) is 0 Å². The maximum Gasteiger partial charge on any atom is 0.0713 e. The van der Waals surface area contributed by atoms with Crippen molar-refractivity contribution >= 4 is 38.5 Å². The van der Waals surface area contributed by atoms with Crippen LogP contribution in [0.2, 0.25) is 0 Å². The molecule has 1 aliphatic carbocycles. The summed E-state index contributed by atoms with van der Waals surface area (Å²) in [5.74, 6) is 0. The van der Waals surface area contributed by atoms with Crippen LogP contribution in [0.1, 0.15) is 22.3 Å². The van der Waals surface area contributed by atoms with Gasteiger partial charge < -0.3 is 0 Å². The zero-order valence-corrected chi connectivity index (χ0v) is 18.2. The Morgan fingerprint density at radius 2 is 1.00 bits per heavy atom. The maximum absolute atomic E-state index is 3.60. The maximum atomic E-state index is 3.60. The zero-order valence-electron chi connectivity index (χ0n) is 14.5. The van der Waals surface area contributed by atoms with E-state index in [2.05, 4.69) is 136 Å². The van der Waals surface area contributed by atoms with Crippen LogP contribution in [-0.2, 0) is 5.41 Å². The van der Waals surface area contributed by atoms with Crippen LogP contribution in [0.15, 0.2) is 102 Å². The molecular weight excluding hydrogens is 507 g/mol. The Bertz CT molecular complexity index is 1030. The van der Waals surface area contributed by atoms with Crippen LogP contribution in [0, 0.1) is 3.57 Å². The van der Waals surface area contributed by atoms with Gasteiger partial charge in [0, 0.05) is 8.04 Å². The molecule has 0 amide bonds. The van der Waals surface area contributed by atoms with Crippen LogP contribution < -0.4 is 0 Å². The smallest absolute Gasteiger partial charge is 0.0619 e. The number of hydrogen-bond donors (Lipinski definition) is 0. The number of fused-ring (bicyclic) bond motifs is 3. The van der Waals surface area contributed by atoms with Crippen molar-refractivity contribution < 1.29 is 0 Å². The largest absolute Gasteiger partial charge is 0.0713 e. The predicted octanol–water partition coefficient (Wildman–Crippen LogP) is 7.42. The van der Waals surface area contributed by atoms with Crippen molar-refractivity contribution in [2.75, 3.05) is 0 Å². The highest BCUT2D eigenvalue weighted by atomic mass is 127. The van der Waals surface area contributed by atoms with Crippen molar-refractivity contribution in [1.29, 1.82) is 0 Å². The van der Waals surface area contributed by atoms with Gasteiger partial charge in [-0.15, -0.1) is 0 Å². The molecule has 4 aromatic carbocycles. The summed E-state index contributed by atoms with van der Waals surface area (Å²) in [6, 6.07) is 35.4. The van der Waals surface area contributed by atoms with E-state index < -0.39 is 0 Å².